The lowest BCUT2D eigenvalue weighted by Gasteiger charge is -2.16. The number of rotatable bonds is 7. The molecule has 160 valence electrons. The number of amides is 2. The van der Waals surface area contributed by atoms with Crippen LogP contribution in [0.3, 0.4) is 0 Å². The molecule has 2 N–H and O–H groups in total. The molecule has 0 spiro atoms. The van der Waals surface area contributed by atoms with Gasteiger partial charge < -0.3 is 20.1 Å². The van der Waals surface area contributed by atoms with Gasteiger partial charge in [-0.2, -0.15) is 0 Å². The van der Waals surface area contributed by atoms with Crippen molar-refractivity contribution in [1.82, 2.24) is 0 Å². The van der Waals surface area contributed by atoms with E-state index in [9.17, 15) is 9.59 Å². The summed E-state index contributed by atoms with van der Waals surface area (Å²) in [5.41, 5.74) is 4.04. The van der Waals surface area contributed by atoms with Crippen molar-refractivity contribution in [1.29, 1.82) is 0 Å². The number of carbonyl (C=O) groups excluding carboxylic acids is 2. The maximum absolute atomic E-state index is 12.5. The molecule has 6 heteroatoms. The Morgan fingerprint density at radius 2 is 1.48 bits per heavy atom. The number of hydrogen-bond acceptors (Lipinski definition) is 4. The van der Waals surface area contributed by atoms with Crippen LogP contribution in [-0.2, 0) is 4.79 Å². The third kappa shape index (κ3) is 5.85. The van der Waals surface area contributed by atoms with Crippen molar-refractivity contribution in [3.05, 3.63) is 83.4 Å². The van der Waals surface area contributed by atoms with Gasteiger partial charge in [-0.3, -0.25) is 9.59 Å². The van der Waals surface area contributed by atoms with E-state index in [-0.39, 0.29) is 11.8 Å². The number of hydrogen-bond donors (Lipinski definition) is 2. The normalized spacial score (nSPS) is 11.4. The average Bonchev–Trinajstić information content (AvgIpc) is 2.76. The Kier molecular flexibility index (Phi) is 6.92. The molecule has 0 saturated carbocycles. The number of anilines is 2. The van der Waals surface area contributed by atoms with Gasteiger partial charge in [0.1, 0.15) is 11.5 Å². The second kappa shape index (κ2) is 9.80. The molecule has 0 fully saturated rings. The lowest BCUT2D eigenvalue weighted by atomic mass is 10.1. The molecule has 0 saturated heterocycles. The van der Waals surface area contributed by atoms with Gasteiger partial charge in [-0.25, -0.2) is 0 Å². The van der Waals surface area contributed by atoms with E-state index in [2.05, 4.69) is 10.6 Å². The summed E-state index contributed by atoms with van der Waals surface area (Å²) >= 11 is 0. The van der Waals surface area contributed by atoms with Crippen LogP contribution in [-0.4, -0.2) is 25.0 Å². The highest BCUT2D eigenvalue weighted by molar-refractivity contribution is 6.04. The SMILES string of the molecule is COc1ccc(NC(=O)c2ccc(O[C@@H](C)C(=O)Nc3ccc(C)cc3C)cc2)cc1. The van der Waals surface area contributed by atoms with E-state index in [1.54, 1.807) is 62.6 Å². The quantitative estimate of drug-likeness (QED) is 0.568. The predicted octanol–water partition coefficient (Wildman–Crippen LogP) is 4.97. The summed E-state index contributed by atoms with van der Waals surface area (Å²) in [6.45, 7) is 5.64. The monoisotopic (exact) mass is 418 g/mol. The highest BCUT2D eigenvalue weighted by atomic mass is 16.5. The molecular weight excluding hydrogens is 392 g/mol. The largest absolute Gasteiger partial charge is 0.497 e. The number of aryl methyl sites for hydroxylation is 2. The molecule has 0 radical (unpaired) electrons. The molecule has 0 aromatic heterocycles. The summed E-state index contributed by atoms with van der Waals surface area (Å²) < 4.78 is 10.8. The third-order valence-electron chi connectivity index (χ3n) is 4.79. The lowest BCUT2D eigenvalue weighted by molar-refractivity contribution is -0.122. The molecule has 31 heavy (non-hydrogen) atoms. The van der Waals surface area contributed by atoms with E-state index in [4.69, 9.17) is 9.47 Å². The van der Waals surface area contributed by atoms with Crippen LogP contribution in [0.25, 0.3) is 0 Å². The van der Waals surface area contributed by atoms with Crippen molar-refractivity contribution in [2.24, 2.45) is 0 Å². The van der Waals surface area contributed by atoms with E-state index in [1.165, 1.54) is 0 Å². The Balaban J connectivity index is 1.57. The van der Waals surface area contributed by atoms with Crippen LogP contribution in [0.15, 0.2) is 66.7 Å². The fourth-order valence-electron chi connectivity index (χ4n) is 3.01. The molecule has 6 nitrogen and oxygen atoms in total. The van der Waals surface area contributed by atoms with Gasteiger partial charge in [0.25, 0.3) is 11.8 Å². The van der Waals surface area contributed by atoms with E-state index in [0.29, 0.717) is 17.0 Å². The Bertz CT molecular complexity index is 1060. The van der Waals surface area contributed by atoms with Gasteiger partial charge in [0.05, 0.1) is 7.11 Å². The van der Waals surface area contributed by atoms with Gasteiger partial charge in [0.15, 0.2) is 6.10 Å². The molecule has 0 unspecified atom stereocenters. The fraction of sp³-hybridized carbons (Fsp3) is 0.200. The number of carbonyl (C=O) groups is 2. The highest BCUT2D eigenvalue weighted by Crippen LogP contribution is 2.19. The molecular formula is C25H26N2O4. The average molecular weight is 418 g/mol. The van der Waals surface area contributed by atoms with Crippen molar-refractivity contribution in [3.63, 3.8) is 0 Å². The summed E-state index contributed by atoms with van der Waals surface area (Å²) in [5.74, 6) is 0.741. The van der Waals surface area contributed by atoms with Crippen LogP contribution in [0.5, 0.6) is 11.5 Å². The summed E-state index contributed by atoms with van der Waals surface area (Å²) in [4.78, 5) is 24.9. The minimum absolute atomic E-state index is 0.239. The third-order valence-corrected chi connectivity index (χ3v) is 4.79. The van der Waals surface area contributed by atoms with Crippen LogP contribution in [0.1, 0.15) is 28.4 Å². The molecule has 0 aliphatic rings. The maximum atomic E-state index is 12.5. The molecule has 3 aromatic carbocycles. The molecule has 3 rings (SSSR count). The topological polar surface area (TPSA) is 76.7 Å². The van der Waals surface area contributed by atoms with Gasteiger partial charge in [-0.15, -0.1) is 0 Å². The van der Waals surface area contributed by atoms with Crippen molar-refractivity contribution in [2.45, 2.75) is 26.9 Å². The second-order valence-corrected chi connectivity index (χ2v) is 7.27. The Labute approximate surface area is 182 Å². The van der Waals surface area contributed by atoms with Gasteiger partial charge in [0, 0.05) is 16.9 Å². The van der Waals surface area contributed by atoms with Crippen molar-refractivity contribution >= 4 is 23.2 Å². The first kappa shape index (κ1) is 21.9. The Morgan fingerprint density at radius 3 is 2.10 bits per heavy atom. The first-order chi connectivity index (χ1) is 14.9. The molecule has 0 aliphatic carbocycles. The van der Waals surface area contributed by atoms with Crippen LogP contribution < -0.4 is 20.1 Å². The first-order valence-corrected chi connectivity index (χ1v) is 9.96. The van der Waals surface area contributed by atoms with E-state index in [1.807, 2.05) is 32.0 Å². The van der Waals surface area contributed by atoms with Crippen LogP contribution in [0, 0.1) is 13.8 Å². The zero-order chi connectivity index (χ0) is 22.4. The Hall–Kier alpha value is -3.80. The van der Waals surface area contributed by atoms with Gasteiger partial charge >= 0.3 is 0 Å². The standard InChI is InChI=1S/C25H26N2O4/c1-16-5-14-23(17(2)15-16)27-24(28)18(3)31-22-10-6-19(7-11-22)25(29)26-20-8-12-21(30-4)13-9-20/h5-15,18H,1-4H3,(H,26,29)(H,27,28)/t18-/m0/s1. The molecule has 1 atom stereocenters. The van der Waals surface area contributed by atoms with Crippen LogP contribution in [0.4, 0.5) is 11.4 Å². The highest BCUT2D eigenvalue weighted by Gasteiger charge is 2.16. The molecule has 0 bridgehead atoms. The Morgan fingerprint density at radius 1 is 0.839 bits per heavy atom. The van der Waals surface area contributed by atoms with Crippen molar-refractivity contribution in [3.8, 4) is 11.5 Å². The van der Waals surface area contributed by atoms with E-state index < -0.39 is 6.10 Å². The van der Waals surface area contributed by atoms with Gasteiger partial charge in [-0.05, 0) is 80.9 Å². The summed E-state index contributed by atoms with van der Waals surface area (Å²) in [7, 11) is 1.59. The molecule has 0 heterocycles. The lowest BCUT2D eigenvalue weighted by Crippen LogP contribution is -2.30. The van der Waals surface area contributed by atoms with Gasteiger partial charge in [-0.1, -0.05) is 17.7 Å². The summed E-state index contributed by atoms with van der Waals surface area (Å²) in [5, 5.41) is 5.71. The number of ether oxygens (including phenoxy) is 2. The fourth-order valence-corrected chi connectivity index (χ4v) is 3.01. The van der Waals surface area contributed by atoms with E-state index in [0.717, 1.165) is 22.6 Å². The molecule has 3 aromatic rings. The van der Waals surface area contributed by atoms with Crippen molar-refractivity contribution < 1.29 is 19.1 Å². The predicted molar refractivity (Wildman–Crippen MR) is 122 cm³/mol. The number of benzene rings is 3. The van der Waals surface area contributed by atoms with Crippen LogP contribution in [0.2, 0.25) is 0 Å². The second-order valence-electron chi connectivity index (χ2n) is 7.27. The number of nitrogens with one attached hydrogen (secondary N) is 2. The summed E-state index contributed by atoms with van der Waals surface area (Å²) in [6, 6.07) is 19.6. The minimum atomic E-state index is -0.695. The maximum Gasteiger partial charge on any atom is 0.265 e. The molecule has 0 aliphatic heterocycles. The first-order valence-electron chi connectivity index (χ1n) is 9.96. The molecule has 2 amide bonds. The zero-order valence-electron chi connectivity index (χ0n) is 18.1. The minimum Gasteiger partial charge on any atom is -0.497 e. The van der Waals surface area contributed by atoms with Crippen molar-refractivity contribution in [2.75, 3.05) is 17.7 Å². The smallest absolute Gasteiger partial charge is 0.265 e. The van der Waals surface area contributed by atoms with Crippen LogP contribution >= 0.6 is 0 Å². The van der Waals surface area contributed by atoms with E-state index >= 15 is 0 Å². The van der Waals surface area contributed by atoms with Gasteiger partial charge in [0.2, 0.25) is 0 Å². The summed E-state index contributed by atoms with van der Waals surface area (Å²) in [6.07, 6.45) is -0.695. The zero-order valence-corrected chi connectivity index (χ0v) is 18.1. The number of methoxy groups -OCH3 is 1.